The predicted molar refractivity (Wildman–Crippen MR) is 174 cm³/mol. The third kappa shape index (κ3) is 13.3. The lowest BCUT2D eigenvalue weighted by molar-refractivity contribution is -0.137. The fourth-order valence-electron chi connectivity index (χ4n) is 4.22. The van der Waals surface area contributed by atoms with Crippen LogP contribution in [0.25, 0.3) is 0 Å². The van der Waals surface area contributed by atoms with E-state index in [2.05, 4.69) is 24.3 Å². The zero-order chi connectivity index (χ0) is 31.2. The van der Waals surface area contributed by atoms with Crippen LogP contribution in [0.4, 0.5) is 13.2 Å². The van der Waals surface area contributed by atoms with Crippen molar-refractivity contribution in [2.45, 2.75) is 118 Å². The lowest BCUT2D eigenvalue weighted by Crippen LogP contribution is -2.07. The minimum absolute atomic E-state index is 0.367. The van der Waals surface area contributed by atoms with Gasteiger partial charge in [-0.15, -0.1) is 0 Å². The van der Waals surface area contributed by atoms with E-state index in [1.54, 1.807) is 6.92 Å². The number of halogens is 5. The van der Waals surface area contributed by atoms with E-state index in [0.29, 0.717) is 5.92 Å². The van der Waals surface area contributed by atoms with Crippen LogP contribution in [-0.2, 0) is 6.18 Å². The molecule has 0 N–H and O–H groups in total. The molecule has 0 nitrogen and oxygen atoms in total. The number of hydrogen-bond donors (Lipinski definition) is 0. The standard InChI is InChI=1S/C12H13F3.2C9H9Cl.3C2H6/c1-7-5-10(12(13,14)15)6-11(8(7)2)9-3-4-9;2*10-9-3-1-2-8(6-9)7-4-5-7;3*1-2/h5-6,9H,3-4H2,1-2H3;2*1-3,6-7H,4-5H2;3*1-2H3. The van der Waals surface area contributed by atoms with Crippen molar-refractivity contribution in [2.75, 3.05) is 0 Å². The minimum Gasteiger partial charge on any atom is -0.166 e. The fraction of sp³-hybridized carbons (Fsp3) is 0.500. The van der Waals surface area contributed by atoms with E-state index in [4.69, 9.17) is 23.2 Å². The van der Waals surface area contributed by atoms with Crippen LogP contribution < -0.4 is 0 Å². The highest BCUT2D eigenvalue weighted by Gasteiger charge is 2.34. The van der Waals surface area contributed by atoms with Gasteiger partial charge < -0.3 is 0 Å². The quantitative estimate of drug-likeness (QED) is 0.277. The third-order valence-corrected chi connectivity index (χ3v) is 7.32. The van der Waals surface area contributed by atoms with Crippen LogP contribution in [0.15, 0.2) is 60.7 Å². The van der Waals surface area contributed by atoms with Crippen molar-refractivity contribution in [3.05, 3.63) is 104 Å². The number of aryl methyl sites for hydroxylation is 1. The predicted octanol–water partition coefficient (Wildman–Crippen LogP) is 13.7. The van der Waals surface area contributed by atoms with Crippen LogP contribution in [0.1, 0.15) is 131 Å². The summed E-state index contributed by atoms with van der Waals surface area (Å²) in [6, 6.07) is 18.9. The SMILES string of the molecule is CC.CC.CC.Cc1cc(C(F)(F)F)cc(C2CC2)c1C.Clc1cccc(C2CC2)c1.Clc1cccc(C2CC2)c1. The maximum absolute atomic E-state index is 12.6. The summed E-state index contributed by atoms with van der Waals surface area (Å²) in [4.78, 5) is 0. The molecule has 3 saturated carbocycles. The number of rotatable bonds is 3. The summed E-state index contributed by atoms with van der Waals surface area (Å²) in [5.41, 5.74) is 4.96. The van der Waals surface area contributed by atoms with Crippen molar-refractivity contribution < 1.29 is 13.2 Å². The molecule has 0 aliphatic heterocycles. The number of benzene rings is 3. The highest BCUT2D eigenvalue weighted by Crippen LogP contribution is 2.44. The van der Waals surface area contributed by atoms with Crippen molar-refractivity contribution in [3.63, 3.8) is 0 Å². The van der Waals surface area contributed by atoms with Gasteiger partial charge in [-0.05, 0) is 134 Å². The Morgan fingerprint density at radius 2 is 0.976 bits per heavy atom. The summed E-state index contributed by atoms with van der Waals surface area (Å²) in [6.45, 7) is 15.7. The molecule has 0 unspecified atom stereocenters. The van der Waals surface area contributed by atoms with Gasteiger partial charge in [-0.2, -0.15) is 13.2 Å². The molecule has 0 saturated heterocycles. The van der Waals surface area contributed by atoms with Crippen molar-refractivity contribution in [2.24, 2.45) is 0 Å². The van der Waals surface area contributed by atoms with Crippen molar-refractivity contribution in [3.8, 4) is 0 Å². The molecule has 0 heterocycles. The van der Waals surface area contributed by atoms with Crippen LogP contribution in [0, 0.1) is 13.8 Å². The largest absolute Gasteiger partial charge is 0.416 e. The molecule has 0 aromatic heterocycles. The summed E-state index contributed by atoms with van der Waals surface area (Å²) >= 11 is 11.6. The van der Waals surface area contributed by atoms with E-state index in [1.807, 2.05) is 72.7 Å². The number of hydrogen-bond acceptors (Lipinski definition) is 0. The first-order valence-electron chi connectivity index (χ1n) is 15.3. The molecule has 41 heavy (non-hydrogen) atoms. The Kier molecular flexibility index (Phi) is 16.8. The van der Waals surface area contributed by atoms with Gasteiger partial charge in [-0.25, -0.2) is 0 Å². The van der Waals surface area contributed by atoms with E-state index in [9.17, 15) is 13.2 Å². The van der Waals surface area contributed by atoms with Crippen molar-refractivity contribution >= 4 is 23.2 Å². The van der Waals surface area contributed by atoms with Crippen LogP contribution in [0.5, 0.6) is 0 Å². The topological polar surface area (TPSA) is 0 Å². The third-order valence-electron chi connectivity index (χ3n) is 6.85. The van der Waals surface area contributed by atoms with Crippen molar-refractivity contribution in [1.29, 1.82) is 0 Å². The number of alkyl halides is 3. The zero-order valence-electron chi connectivity index (χ0n) is 26.1. The summed E-state index contributed by atoms with van der Waals surface area (Å²) in [5, 5.41) is 1.73. The highest BCUT2D eigenvalue weighted by molar-refractivity contribution is 6.30. The molecule has 3 aliphatic rings. The molecule has 228 valence electrons. The second kappa shape index (κ2) is 18.5. The lowest BCUT2D eigenvalue weighted by atomic mass is 9.96. The van der Waals surface area contributed by atoms with E-state index in [1.165, 1.54) is 48.9 Å². The van der Waals surface area contributed by atoms with Gasteiger partial charge in [-0.1, -0.05) is 89.0 Å². The Morgan fingerprint density at radius 1 is 0.585 bits per heavy atom. The van der Waals surface area contributed by atoms with Gasteiger partial charge in [0.1, 0.15) is 0 Å². The lowest BCUT2D eigenvalue weighted by Gasteiger charge is -2.13. The normalized spacial score (nSPS) is 15.0. The molecule has 5 heteroatoms. The van der Waals surface area contributed by atoms with Gasteiger partial charge in [0.25, 0.3) is 0 Å². The highest BCUT2D eigenvalue weighted by atomic mass is 35.5. The monoisotopic (exact) mass is 608 g/mol. The molecule has 3 fully saturated rings. The molecule has 6 rings (SSSR count). The fourth-order valence-corrected chi connectivity index (χ4v) is 4.62. The minimum atomic E-state index is -4.22. The molecular weight excluding hydrogens is 560 g/mol. The van der Waals surface area contributed by atoms with Gasteiger partial charge >= 0.3 is 6.18 Å². The molecule has 0 radical (unpaired) electrons. The van der Waals surface area contributed by atoms with Crippen LogP contribution in [0.2, 0.25) is 10.0 Å². The Labute approximate surface area is 257 Å². The first-order chi connectivity index (χ1) is 19.6. The molecule has 0 spiro atoms. The smallest absolute Gasteiger partial charge is 0.166 e. The van der Waals surface area contributed by atoms with Gasteiger partial charge in [0.15, 0.2) is 0 Å². The van der Waals surface area contributed by atoms with Gasteiger partial charge in [0.2, 0.25) is 0 Å². The van der Waals surface area contributed by atoms with Gasteiger partial charge in [0, 0.05) is 10.0 Å². The van der Waals surface area contributed by atoms with E-state index in [-0.39, 0.29) is 0 Å². The van der Waals surface area contributed by atoms with Crippen LogP contribution in [-0.4, -0.2) is 0 Å². The average Bonchev–Trinajstić information content (AvgIpc) is 3.81. The van der Waals surface area contributed by atoms with E-state index < -0.39 is 11.7 Å². The first kappa shape index (κ1) is 37.1. The summed E-state index contributed by atoms with van der Waals surface area (Å²) in [5.74, 6) is 2.00. The molecule has 0 amide bonds. The molecule has 3 aromatic rings. The molecule has 3 aromatic carbocycles. The Bertz CT molecular complexity index is 1100. The Hall–Kier alpha value is -1.97. The molecule has 3 aliphatic carbocycles. The second-order valence-electron chi connectivity index (χ2n) is 9.94. The Balaban J connectivity index is 0.000000287. The van der Waals surface area contributed by atoms with Gasteiger partial charge in [0.05, 0.1) is 5.56 Å². The molecule has 0 bridgehead atoms. The van der Waals surface area contributed by atoms with E-state index >= 15 is 0 Å². The molecular formula is C36H49Cl2F3. The van der Waals surface area contributed by atoms with Gasteiger partial charge in [-0.3, -0.25) is 0 Å². The maximum Gasteiger partial charge on any atom is 0.416 e. The second-order valence-corrected chi connectivity index (χ2v) is 10.8. The van der Waals surface area contributed by atoms with Crippen molar-refractivity contribution in [1.82, 2.24) is 0 Å². The Morgan fingerprint density at radius 3 is 1.29 bits per heavy atom. The molecule has 0 atom stereocenters. The summed E-state index contributed by atoms with van der Waals surface area (Å²) in [7, 11) is 0. The summed E-state index contributed by atoms with van der Waals surface area (Å²) in [6.07, 6.45) is 3.23. The van der Waals surface area contributed by atoms with Crippen LogP contribution in [0.3, 0.4) is 0 Å². The maximum atomic E-state index is 12.6. The van der Waals surface area contributed by atoms with Crippen LogP contribution >= 0.6 is 23.2 Å². The first-order valence-corrected chi connectivity index (χ1v) is 16.1. The van der Waals surface area contributed by atoms with E-state index in [0.717, 1.165) is 51.4 Å². The zero-order valence-corrected chi connectivity index (χ0v) is 27.6. The average molecular weight is 610 g/mol. The summed E-state index contributed by atoms with van der Waals surface area (Å²) < 4.78 is 37.7.